The largest absolute Gasteiger partial charge is 0.235 e. The van der Waals surface area contributed by atoms with Gasteiger partial charge in [0.05, 0.1) is 5.54 Å². The fraction of sp³-hybridized carbons (Fsp3) is 0.500. The highest BCUT2D eigenvalue weighted by Crippen LogP contribution is 2.49. The van der Waals surface area contributed by atoms with Crippen LogP contribution in [0.3, 0.4) is 0 Å². The normalized spacial score (nSPS) is 18.6. The first-order valence-corrected chi connectivity index (χ1v) is 5.91. The highest BCUT2D eigenvalue weighted by atomic mass is 16.1. The van der Waals surface area contributed by atoms with Crippen molar-refractivity contribution in [1.29, 1.82) is 0 Å². The van der Waals surface area contributed by atoms with Crippen LogP contribution < -0.4 is 0 Å². The van der Waals surface area contributed by atoms with Crippen molar-refractivity contribution in [3.8, 4) is 0 Å². The number of isocyanates is 1. The van der Waals surface area contributed by atoms with E-state index < -0.39 is 0 Å². The van der Waals surface area contributed by atoms with Crippen LogP contribution in [0.5, 0.6) is 0 Å². The quantitative estimate of drug-likeness (QED) is 0.558. The lowest BCUT2D eigenvalue weighted by molar-refractivity contribution is 0.556. The zero-order valence-electron chi connectivity index (χ0n) is 9.86. The van der Waals surface area contributed by atoms with Crippen LogP contribution in [0.15, 0.2) is 29.3 Å². The van der Waals surface area contributed by atoms with Crippen LogP contribution in [0.25, 0.3) is 0 Å². The summed E-state index contributed by atoms with van der Waals surface area (Å²) in [6, 6.07) is 8.53. The Hall–Kier alpha value is -1.40. The molecule has 2 rings (SSSR count). The molecule has 0 amide bonds. The molecular formula is C14H17NO. The van der Waals surface area contributed by atoms with Crippen molar-refractivity contribution in [3.05, 3.63) is 35.4 Å². The summed E-state index contributed by atoms with van der Waals surface area (Å²) in [6.45, 7) is 4.42. The van der Waals surface area contributed by atoms with Crippen LogP contribution in [0, 0.1) is 0 Å². The molecule has 0 bridgehead atoms. The molecule has 2 nitrogen and oxygen atoms in total. The number of nitrogens with zero attached hydrogens (tertiary/aromatic N) is 1. The lowest BCUT2D eigenvalue weighted by Gasteiger charge is -2.12. The van der Waals surface area contributed by atoms with Gasteiger partial charge in [0, 0.05) is 0 Å². The first-order chi connectivity index (χ1) is 7.72. The smallest absolute Gasteiger partial charge is 0.211 e. The van der Waals surface area contributed by atoms with Crippen LogP contribution in [-0.4, -0.2) is 6.08 Å². The van der Waals surface area contributed by atoms with Crippen LogP contribution in [0.4, 0.5) is 0 Å². The third-order valence-corrected chi connectivity index (χ3v) is 3.61. The molecule has 1 atom stereocenters. The van der Waals surface area contributed by atoms with Crippen LogP contribution in [-0.2, 0) is 10.3 Å². The second-order valence-electron chi connectivity index (χ2n) is 4.67. The first kappa shape index (κ1) is 11.1. The average molecular weight is 215 g/mol. The molecule has 0 aromatic heterocycles. The molecule has 0 spiro atoms. The van der Waals surface area contributed by atoms with Crippen LogP contribution in [0.2, 0.25) is 0 Å². The van der Waals surface area contributed by atoms with Gasteiger partial charge in [-0.1, -0.05) is 38.1 Å². The summed E-state index contributed by atoms with van der Waals surface area (Å²) in [5.74, 6) is 0.596. The standard InChI is InChI=1S/C14H17NO/c1-3-11(2)12-4-6-13(7-5-12)14(8-9-14)15-10-16/h4-7,11H,3,8-9H2,1-2H3. The average Bonchev–Trinajstić information content (AvgIpc) is 3.10. The maximum absolute atomic E-state index is 10.4. The van der Waals surface area contributed by atoms with Gasteiger partial charge in [-0.05, 0) is 36.3 Å². The first-order valence-electron chi connectivity index (χ1n) is 5.91. The lowest BCUT2D eigenvalue weighted by atomic mass is 9.95. The maximum atomic E-state index is 10.4. The Bertz CT molecular complexity index is 411. The Balaban J connectivity index is 2.23. The number of benzene rings is 1. The monoisotopic (exact) mass is 215 g/mol. The third-order valence-electron chi connectivity index (χ3n) is 3.61. The van der Waals surface area contributed by atoms with E-state index in [4.69, 9.17) is 0 Å². The van der Waals surface area contributed by atoms with Gasteiger partial charge in [0.15, 0.2) is 0 Å². The molecule has 84 valence electrons. The van der Waals surface area contributed by atoms with E-state index in [-0.39, 0.29) is 5.54 Å². The van der Waals surface area contributed by atoms with E-state index in [0.29, 0.717) is 5.92 Å². The Morgan fingerprint density at radius 3 is 2.44 bits per heavy atom. The molecule has 1 unspecified atom stereocenters. The van der Waals surface area contributed by atoms with E-state index in [1.807, 2.05) is 0 Å². The van der Waals surface area contributed by atoms with Crippen LogP contribution in [0.1, 0.15) is 50.2 Å². The highest BCUT2D eigenvalue weighted by molar-refractivity contribution is 5.42. The van der Waals surface area contributed by atoms with Crippen LogP contribution >= 0.6 is 0 Å². The number of hydrogen-bond donors (Lipinski definition) is 0. The topological polar surface area (TPSA) is 29.4 Å². The van der Waals surface area contributed by atoms with Gasteiger partial charge in [-0.2, -0.15) is 4.99 Å². The summed E-state index contributed by atoms with van der Waals surface area (Å²) < 4.78 is 0. The third kappa shape index (κ3) is 1.94. The van der Waals surface area contributed by atoms with Gasteiger partial charge in [-0.3, -0.25) is 0 Å². The Kier molecular flexibility index (Phi) is 2.93. The van der Waals surface area contributed by atoms with Crippen molar-refractivity contribution in [2.45, 2.75) is 44.6 Å². The van der Waals surface area contributed by atoms with Gasteiger partial charge in [0.1, 0.15) is 0 Å². The Labute approximate surface area is 96.4 Å². The zero-order valence-corrected chi connectivity index (χ0v) is 9.86. The SMILES string of the molecule is CCC(C)c1ccc(C2(N=C=O)CC2)cc1. The molecule has 0 aliphatic heterocycles. The highest BCUT2D eigenvalue weighted by Gasteiger charge is 2.44. The predicted molar refractivity (Wildman–Crippen MR) is 64.2 cm³/mol. The second-order valence-corrected chi connectivity index (χ2v) is 4.67. The molecule has 1 aromatic carbocycles. The predicted octanol–water partition coefficient (Wildman–Crippen LogP) is 3.53. The summed E-state index contributed by atoms with van der Waals surface area (Å²) in [5.41, 5.74) is 2.29. The van der Waals surface area contributed by atoms with Crippen molar-refractivity contribution < 1.29 is 4.79 Å². The minimum absolute atomic E-state index is 0.226. The molecule has 1 aliphatic carbocycles. The van der Waals surface area contributed by atoms with Crippen molar-refractivity contribution in [3.63, 3.8) is 0 Å². The Morgan fingerprint density at radius 2 is 2.00 bits per heavy atom. The van der Waals surface area contributed by atoms with E-state index in [0.717, 1.165) is 24.8 Å². The molecule has 1 aliphatic rings. The van der Waals surface area contributed by atoms with Gasteiger partial charge in [0.2, 0.25) is 6.08 Å². The zero-order chi connectivity index (χ0) is 11.6. The summed E-state index contributed by atoms with van der Waals surface area (Å²) in [7, 11) is 0. The molecule has 1 aromatic rings. The lowest BCUT2D eigenvalue weighted by Crippen LogP contribution is -2.02. The van der Waals surface area contributed by atoms with E-state index in [2.05, 4.69) is 43.1 Å². The minimum Gasteiger partial charge on any atom is -0.211 e. The van der Waals surface area contributed by atoms with Gasteiger partial charge < -0.3 is 0 Å². The van der Waals surface area contributed by atoms with E-state index in [1.54, 1.807) is 6.08 Å². The number of carbonyl (C=O) groups excluding carboxylic acids is 1. The van der Waals surface area contributed by atoms with Crippen molar-refractivity contribution in [2.24, 2.45) is 4.99 Å². The van der Waals surface area contributed by atoms with Crippen molar-refractivity contribution >= 4 is 6.08 Å². The van der Waals surface area contributed by atoms with E-state index in [9.17, 15) is 4.79 Å². The minimum atomic E-state index is -0.226. The molecule has 1 fully saturated rings. The second kappa shape index (κ2) is 4.23. The summed E-state index contributed by atoms with van der Waals surface area (Å²) in [4.78, 5) is 14.3. The molecule has 0 N–H and O–H groups in total. The van der Waals surface area contributed by atoms with Crippen molar-refractivity contribution in [2.75, 3.05) is 0 Å². The summed E-state index contributed by atoms with van der Waals surface area (Å²) in [6.07, 6.45) is 4.80. The van der Waals surface area contributed by atoms with Gasteiger partial charge in [-0.25, -0.2) is 4.79 Å². The fourth-order valence-corrected chi connectivity index (χ4v) is 2.03. The summed E-state index contributed by atoms with van der Waals surface area (Å²) in [5, 5.41) is 0. The fourth-order valence-electron chi connectivity index (χ4n) is 2.03. The molecule has 2 heteroatoms. The molecule has 0 heterocycles. The number of aliphatic imine (C=N–C) groups is 1. The van der Waals surface area contributed by atoms with Gasteiger partial charge in [0.25, 0.3) is 0 Å². The molecular weight excluding hydrogens is 198 g/mol. The number of hydrogen-bond acceptors (Lipinski definition) is 2. The Morgan fingerprint density at radius 1 is 1.38 bits per heavy atom. The van der Waals surface area contributed by atoms with E-state index >= 15 is 0 Å². The summed E-state index contributed by atoms with van der Waals surface area (Å²) >= 11 is 0. The van der Waals surface area contributed by atoms with Crippen molar-refractivity contribution in [1.82, 2.24) is 0 Å². The van der Waals surface area contributed by atoms with Gasteiger partial charge >= 0.3 is 0 Å². The molecule has 0 radical (unpaired) electrons. The number of rotatable bonds is 4. The maximum Gasteiger partial charge on any atom is 0.235 e. The molecule has 16 heavy (non-hydrogen) atoms. The van der Waals surface area contributed by atoms with Gasteiger partial charge in [-0.15, -0.1) is 0 Å². The van der Waals surface area contributed by atoms with E-state index in [1.165, 1.54) is 5.56 Å². The molecule has 0 saturated heterocycles. The molecule has 1 saturated carbocycles.